The molecule has 24 heavy (non-hydrogen) atoms. The zero-order valence-electron chi connectivity index (χ0n) is 14.4. The maximum absolute atomic E-state index is 12.3. The van der Waals surface area contributed by atoms with Gasteiger partial charge in [0.2, 0.25) is 11.8 Å². The topological polar surface area (TPSA) is 58.2 Å². The van der Waals surface area contributed by atoms with Crippen LogP contribution in [0.3, 0.4) is 0 Å². The number of rotatable bonds is 6. The van der Waals surface area contributed by atoms with Crippen molar-refractivity contribution < 1.29 is 9.59 Å². The third-order valence-corrected chi connectivity index (χ3v) is 3.89. The van der Waals surface area contributed by atoms with E-state index >= 15 is 0 Å². The second-order valence-electron chi connectivity index (χ2n) is 5.97. The van der Waals surface area contributed by atoms with E-state index in [0.29, 0.717) is 0 Å². The van der Waals surface area contributed by atoms with Crippen molar-refractivity contribution in [1.82, 2.24) is 5.32 Å². The highest BCUT2D eigenvalue weighted by molar-refractivity contribution is 5.91. The lowest BCUT2D eigenvalue weighted by molar-refractivity contribution is -0.120. The summed E-state index contributed by atoms with van der Waals surface area (Å²) in [5, 5.41) is 5.74. The average molecular weight is 324 g/mol. The molecule has 0 heterocycles. The molecule has 0 aliphatic carbocycles. The molecule has 0 spiro atoms. The summed E-state index contributed by atoms with van der Waals surface area (Å²) >= 11 is 0. The van der Waals surface area contributed by atoms with Crippen molar-refractivity contribution in [2.24, 2.45) is 0 Å². The lowest BCUT2D eigenvalue weighted by atomic mass is 10.0. The van der Waals surface area contributed by atoms with Crippen LogP contribution < -0.4 is 10.6 Å². The molecule has 0 bridgehead atoms. The summed E-state index contributed by atoms with van der Waals surface area (Å²) < 4.78 is 0. The van der Waals surface area contributed by atoms with Gasteiger partial charge in [0.15, 0.2) is 0 Å². The minimum atomic E-state index is -0.335. The van der Waals surface area contributed by atoms with Crippen molar-refractivity contribution in [2.75, 3.05) is 5.32 Å². The zero-order valence-corrected chi connectivity index (χ0v) is 14.4. The SMILES string of the molecule is CCc1ccc(NC(=O)CC(NC(C)=O)c2ccc(C)cc2)cc1. The van der Waals surface area contributed by atoms with Gasteiger partial charge in [-0.1, -0.05) is 48.9 Å². The molecule has 1 unspecified atom stereocenters. The van der Waals surface area contributed by atoms with Gasteiger partial charge in [-0.15, -0.1) is 0 Å². The number of hydrogen-bond acceptors (Lipinski definition) is 2. The molecule has 4 nitrogen and oxygen atoms in total. The van der Waals surface area contributed by atoms with E-state index in [1.165, 1.54) is 12.5 Å². The number of aryl methyl sites for hydroxylation is 2. The fourth-order valence-corrected chi connectivity index (χ4v) is 2.52. The Morgan fingerprint density at radius 2 is 1.62 bits per heavy atom. The summed E-state index contributed by atoms with van der Waals surface area (Å²) in [5.41, 5.74) is 4.06. The normalized spacial score (nSPS) is 11.6. The van der Waals surface area contributed by atoms with E-state index in [1.807, 2.05) is 55.5 Å². The summed E-state index contributed by atoms with van der Waals surface area (Å²) in [6.45, 7) is 5.56. The van der Waals surface area contributed by atoms with Gasteiger partial charge in [-0.25, -0.2) is 0 Å². The van der Waals surface area contributed by atoms with Gasteiger partial charge in [0.05, 0.1) is 12.5 Å². The van der Waals surface area contributed by atoms with Gasteiger partial charge in [-0.2, -0.15) is 0 Å². The van der Waals surface area contributed by atoms with Gasteiger partial charge >= 0.3 is 0 Å². The number of benzene rings is 2. The van der Waals surface area contributed by atoms with Crippen molar-refractivity contribution in [2.45, 2.75) is 39.7 Å². The number of hydrogen-bond donors (Lipinski definition) is 2. The molecule has 4 heteroatoms. The molecule has 0 aliphatic heterocycles. The van der Waals surface area contributed by atoms with Gasteiger partial charge in [0, 0.05) is 12.6 Å². The highest BCUT2D eigenvalue weighted by Gasteiger charge is 2.17. The highest BCUT2D eigenvalue weighted by atomic mass is 16.2. The van der Waals surface area contributed by atoms with Crippen LogP contribution in [0.5, 0.6) is 0 Å². The van der Waals surface area contributed by atoms with Crippen molar-refractivity contribution in [3.8, 4) is 0 Å². The second-order valence-corrected chi connectivity index (χ2v) is 5.97. The Bertz CT molecular complexity index is 691. The summed E-state index contributed by atoms with van der Waals surface area (Å²) in [6.07, 6.45) is 1.16. The summed E-state index contributed by atoms with van der Waals surface area (Å²) in [6, 6.07) is 15.3. The molecule has 2 aromatic carbocycles. The van der Waals surface area contributed by atoms with Crippen LogP contribution in [0.15, 0.2) is 48.5 Å². The molecular formula is C20H24N2O2. The van der Waals surface area contributed by atoms with Crippen LogP contribution in [-0.4, -0.2) is 11.8 Å². The Morgan fingerprint density at radius 3 is 2.17 bits per heavy atom. The first-order valence-electron chi connectivity index (χ1n) is 8.20. The third kappa shape index (κ3) is 5.23. The smallest absolute Gasteiger partial charge is 0.226 e. The highest BCUT2D eigenvalue weighted by Crippen LogP contribution is 2.19. The number of nitrogens with one attached hydrogen (secondary N) is 2. The lowest BCUT2D eigenvalue weighted by Crippen LogP contribution is -2.29. The summed E-state index contributed by atoms with van der Waals surface area (Å²) in [4.78, 5) is 23.8. The second kappa shape index (κ2) is 8.29. The summed E-state index contributed by atoms with van der Waals surface area (Å²) in [5.74, 6) is -0.278. The minimum absolute atomic E-state index is 0.126. The number of amides is 2. The Hall–Kier alpha value is -2.62. The fourth-order valence-electron chi connectivity index (χ4n) is 2.52. The quantitative estimate of drug-likeness (QED) is 0.850. The number of carbonyl (C=O) groups excluding carboxylic acids is 2. The molecule has 0 fully saturated rings. The van der Waals surface area contributed by atoms with Crippen molar-refractivity contribution in [1.29, 1.82) is 0 Å². The molecule has 0 saturated carbocycles. The van der Waals surface area contributed by atoms with Crippen LogP contribution >= 0.6 is 0 Å². The average Bonchev–Trinajstić information content (AvgIpc) is 2.55. The molecule has 0 aromatic heterocycles. The Balaban J connectivity index is 2.05. The zero-order chi connectivity index (χ0) is 17.5. The van der Waals surface area contributed by atoms with E-state index in [9.17, 15) is 9.59 Å². The third-order valence-electron chi connectivity index (χ3n) is 3.89. The Labute approximate surface area is 143 Å². The van der Waals surface area contributed by atoms with Crippen molar-refractivity contribution >= 4 is 17.5 Å². The molecule has 2 aromatic rings. The van der Waals surface area contributed by atoms with Crippen LogP contribution in [0.1, 0.15) is 43.0 Å². The van der Waals surface area contributed by atoms with Crippen LogP contribution in [0.25, 0.3) is 0 Å². The van der Waals surface area contributed by atoms with Crippen molar-refractivity contribution in [3.63, 3.8) is 0 Å². The van der Waals surface area contributed by atoms with Gasteiger partial charge in [0.25, 0.3) is 0 Å². The maximum Gasteiger partial charge on any atom is 0.226 e. The molecule has 0 saturated heterocycles. The minimum Gasteiger partial charge on any atom is -0.349 e. The Morgan fingerprint density at radius 1 is 1.00 bits per heavy atom. The largest absolute Gasteiger partial charge is 0.349 e. The Kier molecular flexibility index (Phi) is 6.13. The van der Waals surface area contributed by atoms with E-state index in [4.69, 9.17) is 0 Å². The monoisotopic (exact) mass is 324 g/mol. The molecule has 0 radical (unpaired) electrons. The van der Waals surface area contributed by atoms with Gasteiger partial charge < -0.3 is 10.6 Å². The van der Waals surface area contributed by atoms with Gasteiger partial charge in [-0.3, -0.25) is 9.59 Å². The standard InChI is InChI=1S/C20H24N2O2/c1-4-16-7-11-18(12-8-16)22-20(24)13-19(21-15(3)23)17-9-5-14(2)6-10-17/h5-12,19H,4,13H2,1-3H3,(H,21,23)(H,22,24). The molecule has 2 rings (SSSR count). The molecule has 0 aliphatic rings. The van der Waals surface area contributed by atoms with E-state index in [1.54, 1.807) is 0 Å². The molecule has 2 amide bonds. The fraction of sp³-hybridized carbons (Fsp3) is 0.300. The van der Waals surface area contributed by atoms with E-state index in [0.717, 1.165) is 23.2 Å². The van der Waals surface area contributed by atoms with Crippen LogP contribution in [0.4, 0.5) is 5.69 Å². The van der Waals surface area contributed by atoms with Crippen LogP contribution in [-0.2, 0) is 16.0 Å². The predicted octanol–water partition coefficient (Wildman–Crippen LogP) is 3.76. The molecule has 1 atom stereocenters. The van der Waals surface area contributed by atoms with Gasteiger partial charge in [0.1, 0.15) is 0 Å². The maximum atomic E-state index is 12.3. The van der Waals surface area contributed by atoms with Crippen LogP contribution in [0.2, 0.25) is 0 Å². The summed E-state index contributed by atoms with van der Waals surface area (Å²) in [7, 11) is 0. The lowest BCUT2D eigenvalue weighted by Gasteiger charge is -2.18. The molecule has 2 N–H and O–H groups in total. The van der Waals surface area contributed by atoms with E-state index in [-0.39, 0.29) is 24.3 Å². The predicted molar refractivity (Wildman–Crippen MR) is 96.8 cm³/mol. The number of anilines is 1. The molecule has 126 valence electrons. The molecular weight excluding hydrogens is 300 g/mol. The van der Waals surface area contributed by atoms with Gasteiger partial charge in [-0.05, 0) is 36.6 Å². The van der Waals surface area contributed by atoms with E-state index < -0.39 is 0 Å². The van der Waals surface area contributed by atoms with E-state index in [2.05, 4.69) is 17.6 Å². The first-order chi connectivity index (χ1) is 11.5. The van der Waals surface area contributed by atoms with Crippen LogP contribution in [0, 0.1) is 6.92 Å². The first kappa shape index (κ1) is 17.7. The first-order valence-corrected chi connectivity index (χ1v) is 8.20. The van der Waals surface area contributed by atoms with Crippen molar-refractivity contribution in [3.05, 3.63) is 65.2 Å². The number of carbonyl (C=O) groups is 2.